The predicted molar refractivity (Wildman–Crippen MR) is 113 cm³/mol. The molecule has 1 amide bonds. The lowest BCUT2D eigenvalue weighted by molar-refractivity contribution is -0.688. The maximum atomic E-state index is 12.1. The first-order valence-electron chi connectivity index (χ1n) is 8.99. The Balaban J connectivity index is 0.00000320. The highest BCUT2D eigenvalue weighted by Gasteiger charge is 2.08. The van der Waals surface area contributed by atoms with Gasteiger partial charge >= 0.3 is 0 Å². The van der Waals surface area contributed by atoms with Crippen molar-refractivity contribution in [1.29, 1.82) is 0 Å². The molecule has 30 heavy (non-hydrogen) atoms. The van der Waals surface area contributed by atoms with Crippen molar-refractivity contribution in [2.75, 3.05) is 13.7 Å². The van der Waals surface area contributed by atoms with E-state index in [0.717, 1.165) is 23.4 Å². The summed E-state index contributed by atoms with van der Waals surface area (Å²) in [7, 11) is 1.65. The Morgan fingerprint density at radius 1 is 1.00 bits per heavy atom. The molecule has 0 aliphatic carbocycles. The number of methoxy groups -OCH3 is 1. The third-order valence-electron chi connectivity index (χ3n) is 4.19. The number of carbonyl (C=O) groups excluding carboxylic acids is 1. The van der Waals surface area contributed by atoms with E-state index in [2.05, 4.69) is 9.88 Å². The van der Waals surface area contributed by atoms with Gasteiger partial charge in [-0.05, 0) is 42.5 Å². The standard InChI is InChI=1S/C22H20Cl2N2O3.BrH/c1-28-18-6-4-16(5-7-18)13-26-10-2-3-17(14-26)12-25-22(27)15-29-19-8-9-20(23)21(24)11-19;/h2-11,14H,12-13,15H2,1H3;1H. The maximum Gasteiger partial charge on any atom is 0.258 e. The Labute approximate surface area is 196 Å². The van der Waals surface area contributed by atoms with Gasteiger partial charge in [0, 0.05) is 29.8 Å². The molecule has 0 aliphatic rings. The van der Waals surface area contributed by atoms with Crippen molar-refractivity contribution >= 4 is 29.1 Å². The maximum absolute atomic E-state index is 12.1. The number of benzene rings is 2. The molecule has 0 radical (unpaired) electrons. The lowest BCUT2D eigenvalue weighted by Crippen LogP contribution is -3.00. The number of pyridine rings is 1. The number of nitrogens with one attached hydrogen (secondary N) is 1. The summed E-state index contributed by atoms with van der Waals surface area (Å²) in [6, 6.07) is 16.7. The Morgan fingerprint density at radius 2 is 1.73 bits per heavy atom. The van der Waals surface area contributed by atoms with Gasteiger partial charge in [-0.15, -0.1) is 0 Å². The molecule has 0 fully saturated rings. The van der Waals surface area contributed by atoms with E-state index < -0.39 is 0 Å². The van der Waals surface area contributed by atoms with Crippen molar-refractivity contribution in [1.82, 2.24) is 5.32 Å². The third kappa shape index (κ3) is 7.20. The molecule has 0 bridgehead atoms. The van der Waals surface area contributed by atoms with Crippen LogP contribution in [0, 0.1) is 0 Å². The first-order valence-corrected chi connectivity index (χ1v) is 9.74. The second-order valence-electron chi connectivity index (χ2n) is 6.37. The van der Waals surface area contributed by atoms with E-state index in [1.54, 1.807) is 25.3 Å². The highest BCUT2D eigenvalue weighted by Crippen LogP contribution is 2.26. The van der Waals surface area contributed by atoms with E-state index >= 15 is 0 Å². The lowest BCUT2D eigenvalue weighted by Gasteiger charge is -2.08. The fraction of sp³-hybridized carbons (Fsp3) is 0.182. The van der Waals surface area contributed by atoms with Crippen LogP contribution in [0.25, 0.3) is 0 Å². The zero-order chi connectivity index (χ0) is 20.6. The topological polar surface area (TPSA) is 51.4 Å². The monoisotopic (exact) mass is 510 g/mol. The molecule has 3 rings (SSSR count). The summed E-state index contributed by atoms with van der Waals surface area (Å²) in [6.45, 7) is 1.04. The molecule has 0 atom stereocenters. The normalized spacial score (nSPS) is 10.1. The minimum absolute atomic E-state index is 0. The summed E-state index contributed by atoms with van der Waals surface area (Å²) in [5.74, 6) is 1.10. The number of nitrogens with zero attached hydrogens (tertiary/aromatic N) is 1. The molecule has 0 saturated carbocycles. The van der Waals surface area contributed by atoms with E-state index in [-0.39, 0.29) is 29.5 Å². The predicted octanol–water partition coefficient (Wildman–Crippen LogP) is 1.04. The summed E-state index contributed by atoms with van der Waals surface area (Å²) < 4.78 is 12.7. The number of rotatable bonds is 8. The fourth-order valence-electron chi connectivity index (χ4n) is 2.69. The summed E-state index contributed by atoms with van der Waals surface area (Å²) in [5.41, 5.74) is 2.15. The van der Waals surface area contributed by atoms with Crippen molar-refractivity contribution < 1.29 is 35.8 Å². The zero-order valence-corrected chi connectivity index (χ0v) is 19.4. The largest absolute Gasteiger partial charge is 1.00 e. The molecule has 0 saturated heterocycles. The number of aromatic nitrogens is 1. The van der Waals surface area contributed by atoms with Crippen LogP contribution in [-0.4, -0.2) is 19.6 Å². The zero-order valence-electron chi connectivity index (χ0n) is 16.3. The molecule has 0 unspecified atom stereocenters. The van der Waals surface area contributed by atoms with Gasteiger partial charge in [0.2, 0.25) is 0 Å². The van der Waals surface area contributed by atoms with Gasteiger partial charge in [0.25, 0.3) is 5.91 Å². The third-order valence-corrected chi connectivity index (χ3v) is 4.93. The van der Waals surface area contributed by atoms with Crippen molar-refractivity contribution in [2.45, 2.75) is 13.1 Å². The average Bonchev–Trinajstić information content (AvgIpc) is 2.74. The summed E-state index contributed by atoms with van der Waals surface area (Å²) in [4.78, 5) is 12.1. The molecular formula is C22H21BrCl2N2O3. The molecule has 8 heteroatoms. The average molecular weight is 512 g/mol. The van der Waals surface area contributed by atoms with Crippen molar-refractivity contribution in [3.05, 3.63) is 88.2 Å². The van der Waals surface area contributed by atoms with E-state index in [1.165, 1.54) is 0 Å². The molecule has 1 heterocycles. The summed E-state index contributed by atoms with van der Waals surface area (Å²) in [6.07, 6.45) is 3.99. The second kappa shape index (κ2) is 11.8. The number of hydrogen-bond acceptors (Lipinski definition) is 3. The molecule has 2 aromatic carbocycles. The lowest BCUT2D eigenvalue weighted by atomic mass is 10.2. The van der Waals surface area contributed by atoms with E-state index in [4.69, 9.17) is 32.7 Å². The summed E-state index contributed by atoms with van der Waals surface area (Å²) in [5, 5.41) is 3.67. The number of hydrogen-bond donors (Lipinski definition) is 1. The van der Waals surface area contributed by atoms with Crippen LogP contribution in [-0.2, 0) is 17.9 Å². The van der Waals surface area contributed by atoms with E-state index in [0.29, 0.717) is 22.3 Å². The van der Waals surface area contributed by atoms with Crippen molar-refractivity contribution in [3.63, 3.8) is 0 Å². The molecular weight excluding hydrogens is 491 g/mol. The van der Waals surface area contributed by atoms with Gasteiger partial charge in [0.15, 0.2) is 25.5 Å². The molecule has 0 aliphatic heterocycles. The van der Waals surface area contributed by atoms with Gasteiger partial charge in [-0.25, -0.2) is 4.57 Å². The first-order chi connectivity index (χ1) is 14.0. The highest BCUT2D eigenvalue weighted by molar-refractivity contribution is 6.42. The molecule has 1 aromatic heterocycles. The minimum atomic E-state index is -0.221. The van der Waals surface area contributed by atoms with Crippen LogP contribution in [0.3, 0.4) is 0 Å². The number of amides is 1. The van der Waals surface area contributed by atoms with Crippen molar-refractivity contribution in [3.8, 4) is 11.5 Å². The van der Waals surface area contributed by atoms with Gasteiger partial charge in [-0.1, -0.05) is 23.2 Å². The molecule has 0 spiro atoms. The van der Waals surface area contributed by atoms with Crippen LogP contribution in [0.4, 0.5) is 0 Å². The molecule has 3 aromatic rings. The van der Waals surface area contributed by atoms with Crippen LogP contribution in [0.1, 0.15) is 11.1 Å². The van der Waals surface area contributed by atoms with Crippen LogP contribution in [0.2, 0.25) is 10.0 Å². The molecule has 158 valence electrons. The van der Waals surface area contributed by atoms with Gasteiger partial charge in [-0.3, -0.25) is 4.79 Å². The van der Waals surface area contributed by atoms with Crippen molar-refractivity contribution in [2.24, 2.45) is 0 Å². The van der Waals surface area contributed by atoms with E-state index in [1.807, 2.05) is 48.8 Å². The van der Waals surface area contributed by atoms with Gasteiger partial charge < -0.3 is 31.8 Å². The van der Waals surface area contributed by atoms with Crippen LogP contribution in [0.15, 0.2) is 67.0 Å². The van der Waals surface area contributed by atoms with Gasteiger partial charge in [0.1, 0.15) is 11.5 Å². The summed E-state index contributed by atoms with van der Waals surface area (Å²) >= 11 is 11.8. The fourth-order valence-corrected chi connectivity index (χ4v) is 2.98. The number of ether oxygens (including phenoxy) is 2. The Bertz CT molecular complexity index is 984. The van der Waals surface area contributed by atoms with Gasteiger partial charge in [-0.2, -0.15) is 0 Å². The smallest absolute Gasteiger partial charge is 0.258 e. The first kappa shape index (κ1) is 24.0. The van der Waals surface area contributed by atoms with E-state index in [9.17, 15) is 4.79 Å². The quantitative estimate of drug-likeness (QED) is 0.460. The Hall–Kier alpha value is -2.28. The Kier molecular flexibility index (Phi) is 9.43. The second-order valence-corrected chi connectivity index (χ2v) is 7.19. The van der Waals surface area contributed by atoms with Crippen LogP contribution in [0.5, 0.6) is 11.5 Å². The highest BCUT2D eigenvalue weighted by atomic mass is 79.9. The Morgan fingerprint density at radius 3 is 2.43 bits per heavy atom. The minimum Gasteiger partial charge on any atom is -1.00 e. The molecule has 1 N–H and O–H groups in total. The van der Waals surface area contributed by atoms with Gasteiger partial charge in [0.05, 0.1) is 17.2 Å². The van der Waals surface area contributed by atoms with Crippen LogP contribution < -0.4 is 36.3 Å². The molecule has 5 nitrogen and oxygen atoms in total. The number of carbonyl (C=O) groups is 1. The SMILES string of the molecule is COc1ccc(C[n+]2cccc(CNC(=O)COc3ccc(Cl)c(Cl)c3)c2)cc1.[Br-]. The van der Waals surface area contributed by atoms with Crippen LogP contribution >= 0.6 is 23.2 Å². The number of halogens is 3.